The first-order valence-corrected chi connectivity index (χ1v) is 11.7. The van der Waals surface area contributed by atoms with E-state index in [0.29, 0.717) is 22.5 Å². The molecule has 7 nitrogen and oxygen atoms in total. The van der Waals surface area contributed by atoms with Crippen LogP contribution in [0.3, 0.4) is 0 Å². The van der Waals surface area contributed by atoms with E-state index in [9.17, 15) is 13.2 Å². The first-order valence-electron chi connectivity index (χ1n) is 10.2. The van der Waals surface area contributed by atoms with Gasteiger partial charge in [0.1, 0.15) is 5.82 Å². The van der Waals surface area contributed by atoms with Gasteiger partial charge < -0.3 is 4.98 Å². The summed E-state index contributed by atoms with van der Waals surface area (Å²) in [5.74, 6) is 0.491. The van der Waals surface area contributed by atoms with Crippen LogP contribution in [0, 0.1) is 0 Å². The Morgan fingerprint density at radius 3 is 2.44 bits per heavy atom. The second-order valence-electron chi connectivity index (χ2n) is 8.61. The second kappa shape index (κ2) is 8.29. The number of Topliss-reactive ketones (excluding diaryl/α,β-unsaturated/α-hetero) is 1. The van der Waals surface area contributed by atoms with Gasteiger partial charge in [-0.3, -0.25) is 9.78 Å². The number of benzene rings is 2. The lowest BCUT2D eigenvalue weighted by Crippen LogP contribution is -2.40. The molecule has 0 spiro atoms. The van der Waals surface area contributed by atoms with Crippen molar-refractivity contribution >= 4 is 26.8 Å². The molecule has 2 aromatic carbocycles. The average Bonchev–Trinajstić information content (AvgIpc) is 3.14. The number of nitrogens with one attached hydrogen (secondary N) is 2. The Morgan fingerprint density at radius 1 is 1.03 bits per heavy atom. The largest absolute Gasteiger partial charge is 0.340 e. The number of carbonyl (C=O) groups excluding carboxylic acids is 1. The third-order valence-electron chi connectivity index (χ3n) is 4.80. The Labute approximate surface area is 187 Å². The number of fused-ring (bicyclic) bond motifs is 1. The van der Waals surface area contributed by atoms with E-state index < -0.39 is 15.6 Å². The molecule has 32 heavy (non-hydrogen) atoms. The monoisotopic (exact) mass is 448 g/mol. The Bertz CT molecular complexity index is 1350. The summed E-state index contributed by atoms with van der Waals surface area (Å²) >= 11 is 0. The molecule has 0 fully saturated rings. The van der Waals surface area contributed by atoms with Gasteiger partial charge in [-0.1, -0.05) is 42.5 Å². The van der Waals surface area contributed by atoms with E-state index in [1.165, 1.54) is 0 Å². The minimum absolute atomic E-state index is 0.0844. The van der Waals surface area contributed by atoms with Crippen LogP contribution >= 0.6 is 0 Å². The van der Waals surface area contributed by atoms with Crippen LogP contribution in [0.5, 0.6) is 0 Å². The van der Waals surface area contributed by atoms with Crippen molar-refractivity contribution in [2.45, 2.75) is 37.6 Å². The van der Waals surface area contributed by atoms with Gasteiger partial charge in [-0.2, -0.15) is 0 Å². The zero-order chi connectivity index (χ0) is 22.9. The smallest absolute Gasteiger partial charge is 0.241 e. The number of ketones is 1. The maximum Gasteiger partial charge on any atom is 0.241 e. The van der Waals surface area contributed by atoms with Crippen LogP contribution in [-0.2, 0) is 16.4 Å². The molecule has 0 radical (unpaired) electrons. The van der Waals surface area contributed by atoms with E-state index in [0.717, 1.165) is 11.0 Å². The number of aromatic nitrogens is 3. The molecule has 0 atom stereocenters. The third kappa shape index (κ3) is 4.76. The van der Waals surface area contributed by atoms with Crippen molar-refractivity contribution in [2.75, 3.05) is 0 Å². The van der Waals surface area contributed by atoms with E-state index in [1.807, 2.05) is 0 Å². The third-order valence-corrected chi connectivity index (χ3v) is 6.61. The Morgan fingerprint density at radius 2 is 1.75 bits per heavy atom. The minimum atomic E-state index is -3.71. The molecular formula is C24H24N4O3S. The van der Waals surface area contributed by atoms with Crippen LogP contribution in [0.25, 0.3) is 22.2 Å². The Kier molecular flexibility index (Phi) is 5.66. The molecule has 0 amide bonds. The topological polar surface area (TPSA) is 105 Å². The number of aromatic amines is 1. The quantitative estimate of drug-likeness (QED) is 0.432. The maximum absolute atomic E-state index is 12.9. The summed E-state index contributed by atoms with van der Waals surface area (Å²) < 4.78 is 28.5. The second-order valence-corrected chi connectivity index (χ2v) is 10.3. The molecule has 4 aromatic rings. The van der Waals surface area contributed by atoms with Gasteiger partial charge >= 0.3 is 0 Å². The summed E-state index contributed by atoms with van der Waals surface area (Å²) in [5, 5.41) is 0. The summed E-state index contributed by atoms with van der Waals surface area (Å²) in [6.45, 7) is 5.39. The van der Waals surface area contributed by atoms with Crippen molar-refractivity contribution in [1.82, 2.24) is 19.7 Å². The number of H-pyrrole nitrogens is 1. The van der Waals surface area contributed by atoms with E-state index >= 15 is 0 Å². The van der Waals surface area contributed by atoms with E-state index in [1.54, 1.807) is 87.8 Å². The molecule has 0 bridgehead atoms. The Hall–Kier alpha value is -3.36. The average molecular weight is 449 g/mol. The van der Waals surface area contributed by atoms with Gasteiger partial charge in [0.05, 0.1) is 28.5 Å². The highest BCUT2D eigenvalue weighted by Gasteiger charge is 2.24. The van der Waals surface area contributed by atoms with Crippen LogP contribution in [0.15, 0.2) is 71.9 Å². The van der Waals surface area contributed by atoms with Crippen LogP contribution in [0.2, 0.25) is 0 Å². The zero-order valence-corrected chi connectivity index (χ0v) is 18.9. The lowest BCUT2D eigenvalue weighted by atomic mass is 10.0. The lowest BCUT2D eigenvalue weighted by molar-refractivity contribution is 0.0991. The highest BCUT2D eigenvalue weighted by molar-refractivity contribution is 7.89. The van der Waals surface area contributed by atoms with E-state index in [-0.39, 0.29) is 17.1 Å². The van der Waals surface area contributed by atoms with Crippen molar-refractivity contribution in [3.8, 4) is 11.1 Å². The van der Waals surface area contributed by atoms with E-state index in [2.05, 4.69) is 19.7 Å². The first-order chi connectivity index (χ1) is 15.1. The molecule has 0 aliphatic carbocycles. The van der Waals surface area contributed by atoms with E-state index in [4.69, 9.17) is 0 Å². The number of imidazole rings is 1. The minimum Gasteiger partial charge on any atom is -0.340 e. The summed E-state index contributed by atoms with van der Waals surface area (Å²) in [5.41, 5.74) is 2.77. The molecular weight excluding hydrogens is 424 g/mol. The maximum atomic E-state index is 12.9. The lowest BCUT2D eigenvalue weighted by Gasteiger charge is -2.21. The van der Waals surface area contributed by atoms with Crippen LogP contribution < -0.4 is 4.72 Å². The number of hydrogen-bond acceptors (Lipinski definition) is 5. The number of carbonyl (C=O) groups is 1. The fourth-order valence-electron chi connectivity index (χ4n) is 3.48. The van der Waals surface area contributed by atoms with Crippen molar-refractivity contribution in [1.29, 1.82) is 0 Å². The fourth-order valence-corrected chi connectivity index (χ4v) is 5.13. The SMILES string of the molecule is CC(C)(C)NS(=O)(=O)c1ccccc1-c1ccc(C(=O)Cc2nc3ccncc3[nH]2)cc1. The zero-order valence-electron chi connectivity index (χ0n) is 18.1. The molecule has 0 saturated carbocycles. The fraction of sp³-hybridized carbons (Fsp3) is 0.208. The predicted molar refractivity (Wildman–Crippen MR) is 124 cm³/mol. The van der Waals surface area contributed by atoms with Gasteiger partial charge in [0.2, 0.25) is 10.0 Å². The molecule has 0 saturated heterocycles. The molecule has 2 aromatic heterocycles. The Balaban J connectivity index is 1.58. The summed E-state index contributed by atoms with van der Waals surface area (Å²) in [6, 6.07) is 15.6. The molecule has 0 aliphatic rings. The van der Waals surface area contributed by atoms with Crippen LogP contribution in [0.4, 0.5) is 0 Å². The van der Waals surface area contributed by atoms with Gasteiger partial charge in [-0.15, -0.1) is 0 Å². The van der Waals surface area contributed by atoms with Gasteiger partial charge in [0, 0.05) is 22.9 Å². The standard InChI is InChI=1S/C24H24N4O3S/c1-24(2,3)28-32(30,31)22-7-5-4-6-18(22)16-8-10-17(11-9-16)21(29)14-23-26-19-12-13-25-15-20(19)27-23/h4-13,15,28H,14H2,1-3H3,(H,26,27). The summed E-state index contributed by atoms with van der Waals surface area (Å²) in [4.78, 5) is 24.5. The summed E-state index contributed by atoms with van der Waals surface area (Å²) in [6.07, 6.45) is 3.46. The number of hydrogen-bond donors (Lipinski definition) is 2. The number of pyridine rings is 1. The molecule has 0 unspecified atom stereocenters. The molecule has 8 heteroatoms. The number of rotatable bonds is 6. The van der Waals surface area contributed by atoms with Crippen LogP contribution in [-0.4, -0.2) is 34.7 Å². The van der Waals surface area contributed by atoms with Gasteiger partial charge in [-0.05, 0) is 38.5 Å². The summed E-state index contributed by atoms with van der Waals surface area (Å²) in [7, 11) is -3.71. The first kappa shape index (κ1) is 21.9. The molecule has 164 valence electrons. The van der Waals surface area contributed by atoms with Crippen LogP contribution in [0.1, 0.15) is 37.0 Å². The molecule has 0 aliphatic heterocycles. The van der Waals surface area contributed by atoms with Gasteiger partial charge in [0.25, 0.3) is 0 Å². The number of sulfonamides is 1. The highest BCUT2D eigenvalue weighted by atomic mass is 32.2. The van der Waals surface area contributed by atoms with Crippen molar-refractivity contribution in [2.24, 2.45) is 0 Å². The molecule has 2 heterocycles. The number of nitrogens with zero attached hydrogens (tertiary/aromatic N) is 2. The predicted octanol–water partition coefficient (Wildman–Crippen LogP) is 4.13. The van der Waals surface area contributed by atoms with Crippen molar-refractivity contribution in [3.63, 3.8) is 0 Å². The molecule has 4 rings (SSSR count). The molecule has 2 N–H and O–H groups in total. The van der Waals surface area contributed by atoms with Gasteiger partial charge in [-0.25, -0.2) is 18.1 Å². The highest BCUT2D eigenvalue weighted by Crippen LogP contribution is 2.28. The van der Waals surface area contributed by atoms with Gasteiger partial charge in [0.15, 0.2) is 5.78 Å². The van der Waals surface area contributed by atoms with Crippen molar-refractivity contribution < 1.29 is 13.2 Å². The van der Waals surface area contributed by atoms with Crippen molar-refractivity contribution in [3.05, 3.63) is 78.4 Å². The normalized spacial score (nSPS) is 12.2.